The summed E-state index contributed by atoms with van der Waals surface area (Å²) >= 11 is 0. The largest absolute Gasteiger partial charge is 0.316 e. The molecule has 0 atom stereocenters. The topological polar surface area (TPSA) is 15.3 Å². The molecule has 1 fully saturated rings. The molecule has 2 nitrogen and oxygen atoms in total. The van der Waals surface area contributed by atoms with Crippen LogP contribution in [0.2, 0.25) is 0 Å². The molecule has 0 aromatic heterocycles. The third kappa shape index (κ3) is 3.05. The first-order chi connectivity index (χ1) is 7.24. The second kappa shape index (κ2) is 4.77. The van der Waals surface area contributed by atoms with Crippen LogP contribution in [0.3, 0.4) is 0 Å². The number of nitrogens with one attached hydrogen (secondary N) is 1. The van der Waals surface area contributed by atoms with Gasteiger partial charge in [0.1, 0.15) is 0 Å². The van der Waals surface area contributed by atoms with E-state index in [4.69, 9.17) is 0 Å². The molecule has 0 amide bonds. The standard InChI is InChI=1S/C13H20N2/c1-11-4-3-5-12(6-11)9-15(2)10-13-7-14-8-13/h3-6,13-14H,7-10H2,1-2H3. The maximum Gasteiger partial charge on any atom is 0.0230 e. The second-order valence-electron chi connectivity index (χ2n) is 4.71. The quantitative estimate of drug-likeness (QED) is 0.802. The Bertz CT molecular complexity index is 318. The van der Waals surface area contributed by atoms with Gasteiger partial charge in [-0.15, -0.1) is 0 Å². The molecule has 0 bridgehead atoms. The van der Waals surface area contributed by atoms with Gasteiger partial charge in [-0.25, -0.2) is 0 Å². The Hall–Kier alpha value is -0.860. The zero-order valence-electron chi connectivity index (χ0n) is 9.66. The van der Waals surface area contributed by atoms with Crippen molar-refractivity contribution < 1.29 is 0 Å². The zero-order valence-corrected chi connectivity index (χ0v) is 9.66. The van der Waals surface area contributed by atoms with E-state index < -0.39 is 0 Å². The summed E-state index contributed by atoms with van der Waals surface area (Å²) in [5.74, 6) is 0.861. The van der Waals surface area contributed by atoms with Crippen LogP contribution in [0.5, 0.6) is 0 Å². The van der Waals surface area contributed by atoms with Crippen molar-refractivity contribution in [2.24, 2.45) is 5.92 Å². The zero-order chi connectivity index (χ0) is 10.7. The molecule has 0 aliphatic carbocycles. The summed E-state index contributed by atoms with van der Waals surface area (Å²) in [4.78, 5) is 2.42. The Labute approximate surface area is 92.3 Å². The van der Waals surface area contributed by atoms with Crippen molar-refractivity contribution in [3.05, 3.63) is 35.4 Å². The minimum atomic E-state index is 0.861. The average Bonchev–Trinajstić information content (AvgIpc) is 2.11. The molecule has 1 aromatic carbocycles. The van der Waals surface area contributed by atoms with Crippen molar-refractivity contribution in [3.63, 3.8) is 0 Å². The Balaban J connectivity index is 1.84. The van der Waals surface area contributed by atoms with Gasteiger partial charge >= 0.3 is 0 Å². The van der Waals surface area contributed by atoms with Gasteiger partial charge in [0.2, 0.25) is 0 Å². The van der Waals surface area contributed by atoms with Gasteiger partial charge in [-0.1, -0.05) is 29.8 Å². The SMILES string of the molecule is Cc1cccc(CN(C)CC2CNC2)c1. The van der Waals surface area contributed by atoms with E-state index in [0.717, 1.165) is 12.5 Å². The fraction of sp³-hybridized carbons (Fsp3) is 0.538. The molecule has 2 heteroatoms. The van der Waals surface area contributed by atoms with E-state index in [2.05, 4.69) is 48.5 Å². The highest BCUT2D eigenvalue weighted by molar-refractivity contribution is 5.21. The van der Waals surface area contributed by atoms with Crippen LogP contribution in [0, 0.1) is 12.8 Å². The number of rotatable bonds is 4. The third-order valence-corrected chi connectivity index (χ3v) is 2.97. The van der Waals surface area contributed by atoms with Crippen molar-refractivity contribution >= 4 is 0 Å². The van der Waals surface area contributed by atoms with Gasteiger partial charge in [0.05, 0.1) is 0 Å². The minimum Gasteiger partial charge on any atom is -0.316 e. The fourth-order valence-corrected chi connectivity index (χ4v) is 2.11. The summed E-state index contributed by atoms with van der Waals surface area (Å²) in [6.45, 7) is 6.81. The van der Waals surface area contributed by atoms with E-state index >= 15 is 0 Å². The minimum absolute atomic E-state index is 0.861. The molecule has 15 heavy (non-hydrogen) atoms. The van der Waals surface area contributed by atoms with Crippen molar-refractivity contribution in [1.82, 2.24) is 10.2 Å². The highest BCUT2D eigenvalue weighted by atomic mass is 15.1. The molecule has 1 N–H and O–H groups in total. The van der Waals surface area contributed by atoms with E-state index in [0.29, 0.717) is 0 Å². The van der Waals surface area contributed by atoms with Gasteiger partial charge in [0.25, 0.3) is 0 Å². The molecule has 1 saturated heterocycles. The predicted octanol–water partition coefficient (Wildman–Crippen LogP) is 1.65. The smallest absolute Gasteiger partial charge is 0.0230 e. The summed E-state index contributed by atoms with van der Waals surface area (Å²) in [5.41, 5.74) is 2.77. The van der Waals surface area contributed by atoms with Gasteiger partial charge in [0.15, 0.2) is 0 Å². The van der Waals surface area contributed by atoms with Crippen LogP contribution in [0.25, 0.3) is 0 Å². The molecule has 0 unspecified atom stereocenters. The number of aryl methyl sites for hydroxylation is 1. The maximum atomic E-state index is 3.31. The van der Waals surface area contributed by atoms with Crippen LogP contribution in [-0.2, 0) is 6.54 Å². The second-order valence-corrected chi connectivity index (χ2v) is 4.71. The summed E-state index contributed by atoms with van der Waals surface area (Å²) < 4.78 is 0. The number of hydrogen-bond donors (Lipinski definition) is 1. The lowest BCUT2D eigenvalue weighted by atomic mass is 10.0. The molecular formula is C13H20N2. The number of hydrogen-bond acceptors (Lipinski definition) is 2. The van der Waals surface area contributed by atoms with Crippen LogP contribution < -0.4 is 5.32 Å². The van der Waals surface area contributed by atoms with Gasteiger partial charge in [-0.3, -0.25) is 0 Å². The molecule has 1 aliphatic heterocycles. The van der Waals surface area contributed by atoms with Crippen LogP contribution in [-0.4, -0.2) is 31.6 Å². The van der Waals surface area contributed by atoms with E-state index in [9.17, 15) is 0 Å². The Morgan fingerprint density at radius 3 is 2.80 bits per heavy atom. The first-order valence-electron chi connectivity index (χ1n) is 5.69. The molecule has 1 aromatic rings. The van der Waals surface area contributed by atoms with Crippen molar-refractivity contribution in [2.75, 3.05) is 26.7 Å². The van der Waals surface area contributed by atoms with Crippen LogP contribution in [0.1, 0.15) is 11.1 Å². The van der Waals surface area contributed by atoms with E-state index in [1.165, 1.54) is 30.8 Å². The van der Waals surface area contributed by atoms with Crippen molar-refractivity contribution in [3.8, 4) is 0 Å². The third-order valence-electron chi connectivity index (χ3n) is 2.97. The molecule has 0 radical (unpaired) electrons. The lowest BCUT2D eigenvalue weighted by Crippen LogP contribution is -2.47. The van der Waals surface area contributed by atoms with Crippen molar-refractivity contribution in [2.45, 2.75) is 13.5 Å². The first-order valence-corrected chi connectivity index (χ1v) is 5.69. The van der Waals surface area contributed by atoms with Crippen LogP contribution in [0.4, 0.5) is 0 Å². The maximum absolute atomic E-state index is 3.31. The van der Waals surface area contributed by atoms with Crippen LogP contribution in [0.15, 0.2) is 24.3 Å². The molecule has 1 heterocycles. The molecule has 0 spiro atoms. The van der Waals surface area contributed by atoms with E-state index in [1.807, 2.05) is 0 Å². The Kier molecular flexibility index (Phi) is 3.39. The Morgan fingerprint density at radius 2 is 2.20 bits per heavy atom. The average molecular weight is 204 g/mol. The highest BCUT2D eigenvalue weighted by Crippen LogP contribution is 2.10. The number of benzene rings is 1. The van der Waals surface area contributed by atoms with Crippen molar-refractivity contribution in [1.29, 1.82) is 0 Å². The highest BCUT2D eigenvalue weighted by Gasteiger charge is 2.18. The fourth-order valence-electron chi connectivity index (χ4n) is 2.11. The molecular weight excluding hydrogens is 184 g/mol. The van der Waals surface area contributed by atoms with E-state index in [-0.39, 0.29) is 0 Å². The van der Waals surface area contributed by atoms with Gasteiger partial charge in [0, 0.05) is 26.2 Å². The number of nitrogens with zero attached hydrogens (tertiary/aromatic N) is 1. The predicted molar refractivity (Wildman–Crippen MR) is 63.9 cm³/mol. The monoisotopic (exact) mass is 204 g/mol. The lowest BCUT2D eigenvalue weighted by Gasteiger charge is -2.31. The molecule has 2 rings (SSSR count). The summed E-state index contributed by atoms with van der Waals surface area (Å²) in [7, 11) is 2.21. The van der Waals surface area contributed by atoms with Gasteiger partial charge < -0.3 is 10.2 Å². The molecule has 1 aliphatic rings. The first kappa shape index (κ1) is 10.7. The molecule has 0 saturated carbocycles. The Morgan fingerprint density at radius 1 is 1.40 bits per heavy atom. The summed E-state index contributed by atoms with van der Waals surface area (Å²) in [6.07, 6.45) is 0. The lowest BCUT2D eigenvalue weighted by molar-refractivity contribution is 0.218. The summed E-state index contributed by atoms with van der Waals surface area (Å²) in [5, 5.41) is 3.31. The normalized spacial score (nSPS) is 16.7. The van der Waals surface area contributed by atoms with E-state index in [1.54, 1.807) is 0 Å². The van der Waals surface area contributed by atoms with Gasteiger partial charge in [-0.05, 0) is 25.5 Å². The van der Waals surface area contributed by atoms with Gasteiger partial charge in [-0.2, -0.15) is 0 Å². The molecule has 82 valence electrons. The van der Waals surface area contributed by atoms with Crippen LogP contribution >= 0.6 is 0 Å². The summed E-state index contributed by atoms with van der Waals surface area (Å²) in [6, 6.07) is 8.78.